The number of fused-ring (bicyclic) bond motifs is 3. The molecular weight excluding hydrogens is 478 g/mol. The third-order valence-electron chi connectivity index (χ3n) is 5.90. The summed E-state index contributed by atoms with van der Waals surface area (Å²) in [4.78, 5) is 23.5. The average molecular weight is 504 g/mol. The average Bonchev–Trinajstić information content (AvgIpc) is 3.51. The molecule has 184 valence electrons. The molecule has 0 bridgehead atoms. The van der Waals surface area contributed by atoms with E-state index in [1.165, 1.54) is 11.3 Å². The van der Waals surface area contributed by atoms with Gasteiger partial charge in [-0.2, -0.15) is 0 Å². The molecule has 36 heavy (non-hydrogen) atoms. The molecule has 0 aliphatic carbocycles. The number of amides is 2. The second-order valence-electron chi connectivity index (χ2n) is 9.74. The van der Waals surface area contributed by atoms with Gasteiger partial charge < -0.3 is 19.9 Å². The van der Waals surface area contributed by atoms with Crippen molar-refractivity contribution in [1.29, 1.82) is 0 Å². The zero-order valence-electron chi connectivity index (χ0n) is 20.0. The molecule has 0 unspecified atom stereocenters. The van der Waals surface area contributed by atoms with Gasteiger partial charge in [0.2, 0.25) is 5.88 Å². The quantitative estimate of drug-likeness (QED) is 0.312. The van der Waals surface area contributed by atoms with Crippen molar-refractivity contribution in [2.75, 3.05) is 23.7 Å². The van der Waals surface area contributed by atoms with Crippen LogP contribution in [0.3, 0.4) is 0 Å². The monoisotopic (exact) mass is 503 g/mol. The van der Waals surface area contributed by atoms with Crippen molar-refractivity contribution in [3.05, 3.63) is 54.4 Å². The van der Waals surface area contributed by atoms with Crippen molar-refractivity contribution in [1.82, 2.24) is 24.8 Å². The van der Waals surface area contributed by atoms with Gasteiger partial charge in [0.05, 0.1) is 11.2 Å². The van der Waals surface area contributed by atoms with Gasteiger partial charge in [-0.05, 0) is 18.2 Å². The summed E-state index contributed by atoms with van der Waals surface area (Å²) in [6.07, 6.45) is 2.19. The molecule has 5 heterocycles. The van der Waals surface area contributed by atoms with Crippen molar-refractivity contribution in [2.24, 2.45) is 0 Å². The van der Waals surface area contributed by atoms with E-state index >= 15 is 0 Å². The summed E-state index contributed by atoms with van der Waals surface area (Å²) in [6.45, 7) is 7.76. The number of hydrogen-bond donors (Lipinski definition) is 3. The molecule has 1 aliphatic rings. The van der Waals surface area contributed by atoms with E-state index in [0.29, 0.717) is 23.1 Å². The van der Waals surface area contributed by atoms with Crippen molar-refractivity contribution in [3.8, 4) is 17.1 Å². The fourth-order valence-corrected chi connectivity index (χ4v) is 4.75. The molecule has 0 saturated carbocycles. The highest BCUT2D eigenvalue weighted by Crippen LogP contribution is 2.30. The Kier molecular flexibility index (Phi) is 5.38. The SMILES string of the molecule is CC(C)(C)c1cc(NC(=O)Nc2ccc(-c3cn4c(n3)sc3nc(OC5CNC5)ccc34)cc2)no1. The number of carbonyl (C=O) groups excluding carboxylic acids is 1. The highest BCUT2D eigenvalue weighted by Gasteiger charge is 2.21. The van der Waals surface area contributed by atoms with Crippen molar-refractivity contribution >= 4 is 44.2 Å². The number of aromatic nitrogens is 4. The fraction of sp³-hybridized carbons (Fsp3) is 0.280. The molecule has 5 aromatic rings. The van der Waals surface area contributed by atoms with Gasteiger partial charge in [-0.15, -0.1) is 0 Å². The maximum absolute atomic E-state index is 12.4. The second kappa shape index (κ2) is 8.61. The van der Waals surface area contributed by atoms with E-state index in [4.69, 9.17) is 14.2 Å². The van der Waals surface area contributed by atoms with E-state index in [-0.39, 0.29) is 11.5 Å². The number of nitrogens with zero attached hydrogens (tertiary/aromatic N) is 4. The molecule has 6 rings (SSSR count). The molecule has 10 nitrogen and oxygen atoms in total. The normalized spacial score (nSPS) is 14.2. The van der Waals surface area contributed by atoms with Crippen LogP contribution in [0.5, 0.6) is 5.88 Å². The summed E-state index contributed by atoms with van der Waals surface area (Å²) in [5, 5.41) is 12.6. The van der Waals surface area contributed by atoms with Gasteiger partial charge in [0.1, 0.15) is 16.7 Å². The van der Waals surface area contributed by atoms with E-state index in [2.05, 4.69) is 26.1 Å². The van der Waals surface area contributed by atoms with Crippen LogP contribution in [0.2, 0.25) is 0 Å². The van der Waals surface area contributed by atoms with Crippen LogP contribution in [0.15, 0.2) is 53.2 Å². The van der Waals surface area contributed by atoms with E-state index < -0.39 is 6.03 Å². The molecule has 3 N–H and O–H groups in total. The number of carbonyl (C=O) groups is 1. The Hall–Kier alpha value is -3.96. The minimum atomic E-state index is -0.394. The number of urea groups is 1. The first-order chi connectivity index (χ1) is 17.3. The number of anilines is 2. The summed E-state index contributed by atoms with van der Waals surface area (Å²) < 4.78 is 13.2. The lowest BCUT2D eigenvalue weighted by Gasteiger charge is -2.27. The number of nitrogens with one attached hydrogen (secondary N) is 3. The molecular formula is C25H25N7O3S. The lowest BCUT2D eigenvalue weighted by atomic mass is 9.93. The maximum Gasteiger partial charge on any atom is 0.324 e. The summed E-state index contributed by atoms with van der Waals surface area (Å²) in [6, 6.07) is 12.8. The van der Waals surface area contributed by atoms with Crippen LogP contribution in [-0.2, 0) is 5.41 Å². The first kappa shape index (κ1) is 22.5. The summed E-state index contributed by atoms with van der Waals surface area (Å²) in [5.74, 6) is 1.71. The third-order valence-corrected chi connectivity index (χ3v) is 6.86. The molecule has 4 aromatic heterocycles. The minimum absolute atomic E-state index is 0.186. The van der Waals surface area contributed by atoms with Crippen LogP contribution in [0, 0.1) is 0 Å². The predicted molar refractivity (Wildman–Crippen MR) is 139 cm³/mol. The zero-order chi connectivity index (χ0) is 24.9. The maximum atomic E-state index is 12.4. The number of hydrogen-bond acceptors (Lipinski definition) is 8. The number of thiazole rings is 1. The Labute approximate surface area is 210 Å². The number of rotatable bonds is 5. The predicted octanol–water partition coefficient (Wildman–Crippen LogP) is 4.89. The van der Waals surface area contributed by atoms with Crippen LogP contribution >= 0.6 is 11.3 Å². The van der Waals surface area contributed by atoms with Crippen LogP contribution in [-0.4, -0.2) is 44.7 Å². The second-order valence-corrected chi connectivity index (χ2v) is 10.7. The van der Waals surface area contributed by atoms with E-state index in [1.807, 2.05) is 67.8 Å². The van der Waals surface area contributed by atoms with Crippen molar-refractivity contribution in [3.63, 3.8) is 0 Å². The van der Waals surface area contributed by atoms with E-state index in [9.17, 15) is 4.79 Å². The smallest absolute Gasteiger partial charge is 0.324 e. The van der Waals surface area contributed by atoms with Crippen molar-refractivity contribution in [2.45, 2.75) is 32.3 Å². The summed E-state index contributed by atoms with van der Waals surface area (Å²) in [7, 11) is 0. The van der Waals surface area contributed by atoms with Crippen molar-refractivity contribution < 1.29 is 14.1 Å². The van der Waals surface area contributed by atoms with Gasteiger partial charge in [-0.3, -0.25) is 9.72 Å². The zero-order valence-corrected chi connectivity index (χ0v) is 20.8. The molecule has 1 aromatic carbocycles. The Morgan fingerprint density at radius 3 is 2.64 bits per heavy atom. The van der Waals surface area contributed by atoms with Crippen LogP contribution in [0.4, 0.5) is 16.3 Å². The number of pyridine rings is 1. The number of benzene rings is 1. The van der Waals surface area contributed by atoms with Crippen LogP contribution < -0.4 is 20.7 Å². The Bertz CT molecular complexity index is 1560. The standard InChI is InChI=1S/C25H25N7O3S/c1-25(2,3)19-10-20(31-35-19)29-23(33)27-15-6-4-14(5-7-15)17-13-32-18-8-9-21(34-16-11-26-12-16)30-22(18)36-24(32)28-17/h4-10,13,16,26H,11-12H2,1-3H3,(H2,27,29,31,33). The Morgan fingerprint density at radius 2 is 1.94 bits per heavy atom. The minimum Gasteiger partial charge on any atom is -0.472 e. The van der Waals surface area contributed by atoms with Gasteiger partial charge in [0, 0.05) is 48.1 Å². The first-order valence-corrected chi connectivity index (χ1v) is 12.5. The van der Waals surface area contributed by atoms with Gasteiger partial charge in [0.15, 0.2) is 10.8 Å². The highest BCUT2D eigenvalue weighted by atomic mass is 32.1. The largest absolute Gasteiger partial charge is 0.472 e. The lowest BCUT2D eigenvalue weighted by Crippen LogP contribution is -2.50. The third kappa shape index (κ3) is 4.38. The molecule has 0 atom stereocenters. The topological polar surface area (TPSA) is 119 Å². The molecule has 1 fully saturated rings. The fourth-order valence-electron chi connectivity index (χ4n) is 3.78. The number of imidazole rings is 1. The van der Waals surface area contributed by atoms with Gasteiger partial charge in [0.25, 0.3) is 0 Å². The lowest BCUT2D eigenvalue weighted by molar-refractivity contribution is 0.136. The molecule has 0 spiro atoms. The highest BCUT2D eigenvalue weighted by molar-refractivity contribution is 7.23. The van der Waals surface area contributed by atoms with Crippen LogP contribution in [0.1, 0.15) is 26.5 Å². The molecule has 1 aliphatic heterocycles. The Morgan fingerprint density at radius 1 is 1.14 bits per heavy atom. The van der Waals surface area contributed by atoms with Gasteiger partial charge in [-0.1, -0.05) is 49.4 Å². The summed E-state index contributed by atoms with van der Waals surface area (Å²) in [5.41, 5.74) is 3.25. The van der Waals surface area contributed by atoms with Gasteiger partial charge in [-0.25, -0.2) is 14.8 Å². The number of ether oxygens (including phenoxy) is 1. The molecule has 2 amide bonds. The first-order valence-electron chi connectivity index (χ1n) is 11.6. The van der Waals surface area contributed by atoms with E-state index in [1.54, 1.807) is 6.07 Å². The molecule has 1 saturated heterocycles. The van der Waals surface area contributed by atoms with E-state index in [0.717, 1.165) is 39.7 Å². The molecule has 11 heteroatoms. The van der Waals surface area contributed by atoms with Gasteiger partial charge >= 0.3 is 6.03 Å². The van der Waals surface area contributed by atoms with Crippen LogP contribution in [0.25, 0.3) is 26.6 Å². The Balaban J connectivity index is 1.14. The molecule has 0 radical (unpaired) electrons. The summed E-state index contributed by atoms with van der Waals surface area (Å²) >= 11 is 1.53.